The molecule has 2 heterocycles. The first kappa shape index (κ1) is 18.4. The highest BCUT2D eigenvalue weighted by molar-refractivity contribution is 5.79. The summed E-state index contributed by atoms with van der Waals surface area (Å²) in [4.78, 5) is 13.1. The molecule has 0 bridgehead atoms. The van der Waals surface area contributed by atoms with Gasteiger partial charge < -0.3 is 15.4 Å². The first-order valence-electron chi connectivity index (χ1n) is 8.87. The van der Waals surface area contributed by atoms with E-state index in [-0.39, 0.29) is 0 Å². The number of hydrogen-bond donors (Lipinski definition) is 2. The molecule has 0 saturated heterocycles. The summed E-state index contributed by atoms with van der Waals surface area (Å²) in [6, 6.07) is 11.9. The summed E-state index contributed by atoms with van der Waals surface area (Å²) in [6.07, 6.45) is 7.15. The summed E-state index contributed by atoms with van der Waals surface area (Å²) in [7, 11) is 1.67. The molecule has 140 valence electrons. The fraction of sp³-hybridized carbons (Fsp3) is 0.250. The molecule has 7 heteroatoms. The minimum Gasteiger partial charge on any atom is -0.497 e. The Morgan fingerprint density at radius 1 is 1.15 bits per heavy atom. The van der Waals surface area contributed by atoms with Gasteiger partial charge in [-0.05, 0) is 42.3 Å². The van der Waals surface area contributed by atoms with E-state index in [1.54, 1.807) is 25.8 Å². The van der Waals surface area contributed by atoms with Crippen LogP contribution in [0.3, 0.4) is 0 Å². The molecule has 0 spiro atoms. The number of guanidine groups is 1. The molecule has 2 aromatic heterocycles. The molecule has 0 aliphatic rings. The summed E-state index contributed by atoms with van der Waals surface area (Å²) in [6.45, 7) is 4.06. The van der Waals surface area contributed by atoms with E-state index in [9.17, 15) is 0 Å². The van der Waals surface area contributed by atoms with Crippen LogP contribution in [0.5, 0.6) is 5.75 Å². The van der Waals surface area contributed by atoms with Crippen molar-refractivity contribution in [2.75, 3.05) is 13.7 Å². The van der Waals surface area contributed by atoms with Crippen LogP contribution in [0, 0.1) is 0 Å². The van der Waals surface area contributed by atoms with E-state index in [0.29, 0.717) is 13.1 Å². The molecule has 1 aromatic carbocycles. The van der Waals surface area contributed by atoms with Crippen LogP contribution in [0.25, 0.3) is 5.82 Å². The van der Waals surface area contributed by atoms with Crippen molar-refractivity contribution < 1.29 is 4.74 Å². The van der Waals surface area contributed by atoms with Crippen molar-refractivity contribution in [1.82, 2.24) is 25.2 Å². The third-order valence-electron chi connectivity index (χ3n) is 3.94. The lowest BCUT2D eigenvalue weighted by molar-refractivity contribution is 0.414. The van der Waals surface area contributed by atoms with Crippen molar-refractivity contribution >= 4 is 5.96 Å². The second-order valence-electron chi connectivity index (χ2n) is 5.89. The minimum atomic E-state index is 0.573. The van der Waals surface area contributed by atoms with Gasteiger partial charge in [0.2, 0.25) is 0 Å². The Balaban J connectivity index is 1.65. The molecule has 0 aliphatic carbocycles. The van der Waals surface area contributed by atoms with E-state index in [1.165, 1.54) is 0 Å². The second-order valence-corrected chi connectivity index (χ2v) is 5.89. The minimum absolute atomic E-state index is 0.573. The highest BCUT2D eigenvalue weighted by Gasteiger charge is 2.02. The van der Waals surface area contributed by atoms with Gasteiger partial charge >= 0.3 is 0 Å². The molecule has 3 aromatic rings. The molecule has 0 atom stereocenters. The number of aromatic nitrogens is 3. The number of nitrogens with one attached hydrogen (secondary N) is 2. The smallest absolute Gasteiger partial charge is 0.191 e. The Bertz CT molecular complexity index is 876. The van der Waals surface area contributed by atoms with Gasteiger partial charge in [-0.3, -0.25) is 4.57 Å². The fourth-order valence-electron chi connectivity index (χ4n) is 2.58. The van der Waals surface area contributed by atoms with E-state index >= 15 is 0 Å². The van der Waals surface area contributed by atoms with E-state index in [1.807, 2.05) is 54.1 Å². The van der Waals surface area contributed by atoms with Crippen molar-refractivity contribution in [3.63, 3.8) is 0 Å². The van der Waals surface area contributed by atoms with Gasteiger partial charge in [0.15, 0.2) is 5.96 Å². The molecular weight excluding hydrogens is 340 g/mol. The lowest BCUT2D eigenvalue weighted by atomic mass is 10.2. The van der Waals surface area contributed by atoms with Crippen LogP contribution < -0.4 is 15.4 Å². The Morgan fingerprint density at radius 3 is 2.85 bits per heavy atom. The van der Waals surface area contributed by atoms with E-state index in [2.05, 4.69) is 25.6 Å². The van der Waals surface area contributed by atoms with Gasteiger partial charge in [-0.25, -0.2) is 15.0 Å². The number of rotatable bonds is 7. The number of imidazole rings is 1. The number of aliphatic imine (C=N–C) groups is 1. The monoisotopic (exact) mass is 364 g/mol. The Kier molecular flexibility index (Phi) is 6.40. The first-order valence-corrected chi connectivity index (χ1v) is 8.87. The van der Waals surface area contributed by atoms with Gasteiger partial charge in [-0.1, -0.05) is 12.1 Å². The zero-order valence-corrected chi connectivity index (χ0v) is 15.6. The largest absolute Gasteiger partial charge is 0.497 e. The number of benzene rings is 1. The SMILES string of the molecule is CCNC(=NCc1cccc(OC)c1)NCc1ccnc(-n2ccnc2)c1. The molecular formula is C20H24N6O. The molecule has 3 rings (SSSR count). The first-order chi connectivity index (χ1) is 13.3. The highest BCUT2D eigenvalue weighted by Crippen LogP contribution is 2.13. The third-order valence-corrected chi connectivity index (χ3v) is 3.94. The molecule has 0 aliphatic heterocycles. The quantitative estimate of drug-likeness (QED) is 0.498. The van der Waals surface area contributed by atoms with Crippen molar-refractivity contribution in [3.8, 4) is 11.6 Å². The predicted molar refractivity (Wildman–Crippen MR) is 106 cm³/mol. The Labute approximate surface area is 159 Å². The van der Waals surface area contributed by atoms with E-state index < -0.39 is 0 Å². The average molecular weight is 364 g/mol. The third kappa shape index (κ3) is 5.31. The molecule has 0 fully saturated rings. The second kappa shape index (κ2) is 9.38. The van der Waals surface area contributed by atoms with Gasteiger partial charge in [0.1, 0.15) is 17.9 Å². The molecule has 0 radical (unpaired) electrons. The summed E-state index contributed by atoms with van der Waals surface area (Å²) < 4.78 is 7.14. The molecule has 0 amide bonds. The van der Waals surface area contributed by atoms with Crippen LogP contribution in [0.1, 0.15) is 18.1 Å². The van der Waals surface area contributed by atoms with Crippen LogP contribution in [0.4, 0.5) is 0 Å². The highest BCUT2D eigenvalue weighted by atomic mass is 16.5. The fourth-order valence-corrected chi connectivity index (χ4v) is 2.58. The van der Waals surface area contributed by atoms with Crippen molar-refractivity contribution in [1.29, 1.82) is 0 Å². The number of pyridine rings is 1. The molecule has 27 heavy (non-hydrogen) atoms. The normalized spacial score (nSPS) is 11.3. The van der Waals surface area contributed by atoms with Crippen LogP contribution in [0.15, 0.2) is 66.3 Å². The molecule has 2 N–H and O–H groups in total. The van der Waals surface area contributed by atoms with Crippen LogP contribution in [-0.4, -0.2) is 34.1 Å². The van der Waals surface area contributed by atoms with E-state index in [0.717, 1.165) is 35.2 Å². The lowest BCUT2D eigenvalue weighted by Gasteiger charge is -2.12. The standard InChI is InChI=1S/C20H24N6O/c1-3-22-20(24-13-16-5-4-6-18(11-16)27-2)25-14-17-7-8-23-19(12-17)26-10-9-21-15-26/h4-12,15H,3,13-14H2,1-2H3,(H2,22,24,25). The number of methoxy groups -OCH3 is 1. The summed E-state index contributed by atoms with van der Waals surface area (Å²) in [5.41, 5.74) is 2.21. The summed E-state index contributed by atoms with van der Waals surface area (Å²) in [5.74, 6) is 2.44. The molecule has 7 nitrogen and oxygen atoms in total. The van der Waals surface area contributed by atoms with Crippen molar-refractivity contribution in [2.45, 2.75) is 20.0 Å². The number of nitrogens with zero attached hydrogens (tertiary/aromatic N) is 4. The van der Waals surface area contributed by atoms with E-state index in [4.69, 9.17) is 4.74 Å². The zero-order valence-electron chi connectivity index (χ0n) is 15.6. The maximum Gasteiger partial charge on any atom is 0.191 e. The summed E-state index contributed by atoms with van der Waals surface area (Å²) in [5, 5.41) is 6.63. The molecule has 0 saturated carbocycles. The number of hydrogen-bond acceptors (Lipinski definition) is 4. The van der Waals surface area contributed by atoms with Crippen LogP contribution in [0.2, 0.25) is 0 Å². The number of ether oxygens (including phenoxy) is 1. The Hall–Kier alpha value is -3.35. The maximum atomic E-state index is 5.26. The Morgan fingerprint density at radius 2 is 2.07 bits per heavy atom. The lowest BCUT2D eigenvalue weighted by Crippen LogP contribution is -2.36. The van der Waals surface area contributed by atoms with Gasteiger partial charge in [0.25, 0.3) is 0 Å². The van der Waals surface area contributed by atoms with Gasteiger partial charge in [0.05, 0.1) is 13.7 Å². The van der Waals surface area contributed by atoms with Crippen LogP contribution in [-0.2, 0) is 13.1 Å². The van der Waals surface area contributed by atoms with Crippen molar-refractivity contribution in [3.05, 3.63) is 72.4 Å². The van der Waals surface area contributed by atoms with Crippen molar-refractivity contribution in [2.24, 2.45) is 4.99 Å². The summed E-state index contributed by atoms with van der Waals surface area (Å²) >= 11 is 0. The maximum absolute atomic E-state index is 5.26. The molecule has 0 unspecified atom stereocenters. The van der Waals surface area contributed by atoms with Gasteiger partial charge in [0, 0.05) is 31.7 Å². The zero-order chi connectivity index (χ0) is 18.9. The van der Waals surface area contributed by atoms with Gasteiger partial charge in [-0.2, -0.15) is 0 Å². The van der Waals surface area contributed by atoms with Gasteiger partial charge in [-0.15, -0.1) is 0 Å². The topological polar surface area (TPSA) is 76.4 Å². The van der Waals surface area contributed by atoms with Crippen LogP contribution >= 0.6 is 0 Å². The predicted octanol–water partition coefficient (Wildman–Crippen LogP) is 2.53. The average Bonchev–Trinajstić information content (AvgIpc) is 3.25.